The minimum atomic E-state index is -1.16. The van der Waals surface area contributed by atoms with Crippen LogP contribution >= 0.6 is 8.60 Å². The van der Waals surface area contributed by atoms with Gasteiger partial charge in [0.25, 0.3) is 0 Å². The van der Waals surface area contributed by atoms with Gasteiger partial charge in [0.15, 0.2) is 11.5 Å². The fourth-order valence-corrected chi connectivity index (χ4v) is 5.04. The normalized spacial score (nSPS) is 25.6. The van der Waals surface area contributed by atoms with Gasteiger partial charge in [0, 0.05) is 12.5 Å². The summed E-state index contributed by atoms with van der Waals surface area (Å²) in [6.07, 6.45) is 9.19. The smallest absolute Gasteiger partial charge is 0.396 e. The van der Waals surface area contributed by atoms with Crippen LogP contribution in [0.3, 0.4) is 0 Å². The number of allylic oxidation sites excluding steroid dienone is 1. The summed E-state index contributed by atoms with van der Waals surface area (Å²) < 4.78 is 27.4. The van der Waals surface area contributed by atoms with Gasteiger partial charge in [-0.25, -0.2) is 0 Å². The Bertz CT molecular complexity index is 625. The maximum atomic E-state index is 5.98. The predicted molar refractivity (Wildman–Crippen MR) is 115 cm³/mol. The molecular weight excluding hydrogens is 389 g/mol. The fourth-order valence-electron chi connectivity index (χ4n) is 3.96. The molecule has 2 aliphatic heterocycles. The summed E-state index contributed by atoms with van der Waals surface area (Å²) in [5.41, 5.74) is 0. The van der Waals surface area contributed by atoms with Crippen molar-refractivity contribution in [2.45, 2.75) is 44.6 Å². The number of benzene rings is 1. The quantitative estimate of drug-likeness (QED) is 0.625. The van der Waals surface area contributed by atoms with Crippen LogP contribution in [0.4, 0.5) is 0 Å². The second-order valence-corrected chi connectivity index (χ2v) is 8.75. The highest BCUT2D eigenvalue weighted by atomic mass is 31.2. The van der Waals surface area contributed by atoms with Gasteiger partial charge in [0.05, 0.1) is 27.4 Å². The molecule has 29 heavy (non-hydrogen) atoms. The molecule has 1 aliphatic carbocycles. The van der Waals surface area contributed by atoms with E-state index < -0.39 is 8.60 Å². The largest absolute Gasteiger partial charge is 0.493 e. The molecule has 1 aromatic carbocycles. The van der Waals surface area contributed by atoms with Crippen LogP contribution in [0.15, 0.2) is 36.1 Å². The van der Waals surface area contributed by atoms with Gasteiger partial charge in [-0.15, -0.1) is 0 Å². The number of hydrogen-bond donors (Lipinski definition) is 0. The molecule has 0 radical (unpaired) electrons. The van der Waals surface area contributed by atoms with E-state index in [1.54, 1.807) is 14.2 Å². The van der Waals surface area contributed by atoms with Crippen molar-refractivity contribution in [2.24, 2.45) is 5.92 Å². The van der Waals surface area contributed by atoms with E-state index in [9.17, 15) is 0 Å². The molecule has 1 aromatic rings. The van der Waals surface area contributed by atoms with Crippen LogP contribution in [-0.4, -0.2) is 52.0 Å². The number of methoxy groups -OCH3 is 2. The van der Waals surface area contributed by atoms with E-state index in [0.717, 1.165) is 62.1 Å². The zero-order valence-corrected chi connectivity index (χ0v) is 18.7. The lowest BCUT2D eigenvalue weighted by Gasteiger charge is -2.30. The van der Waals surface area contributed by atoms with E-state index >= 15 is 0 Å². The molecule has 4 rings (SSSR count). The molecule has 7 heteroatoms. The number of likely N-dealkylation sites (tertiary alicyclic amines) is 1. The van der Waals surface area contributed by atoms with Gasteiger partial charge in [-0.1, -0.05) is 12.1 Å². The molecule has 2 heterocycles. The molecule has 0 N–H and O–H groups in total. The summed E-state index contributed by atoms with van der Waals surface area (Å²) in [5, 5.41) is 0. The number of hydrogen-bond acceptors (Lipinski definition) is 6. The van der Waals surface area contributed by atoms with Crippen LogP contribution in [-0.2, 0) is 13.6 Å². The number of ether oxygens (including phenoxy) is 2. The lowest BCUT2D eigenvalue weighted by Crippen LogP contribution is -2.31. The maximum absolute atomic E-state index is 5.98. The average molecular weight is 423 g/mol. The summed E-state index contributed by atoms with van der Waals surface area (Å²) in [6.45, 7) is 2.76. The van der Waals surface area contributed by atoms with Gasteiger partial charge in [-0.2, -0.15) is 0 Å². The molecule has 6 nitrogen and oxygen atoms in total. The van der Waals surface area contributed by atoms with Crippen molar-refractivity contribution in [1.82, 2.24) is 4.90 Å². The first-order valence-corrected chi connectivity index (χ1v) is 11.6. The molecule has 2 atom stereocenters. The van der Waals surface area contributed by atoms with Gasteiger partial charge < -0.3 is 27.9 Å². The van der Waals surface area contributed by atoms with Crippen molar-refractivity contribution in [2.75, 3.05) is 41.0 Å². The Morgan fingerprint density at radius 1 is 1.00 bits per heavy atom. The first-order chi connectivity index (χ1) is 14.2. The first-order valence-electron chi connectivity index (χ1n) is 10.5. The van der Waals surface area contributed by atoms with Gasteiger partial charge in [-0.05, 0) is 69.8 Å². The fraction of sp³-hybridized carbons (Fsp3) is 0.636. The molecule has 2 unspecified atom stereocenters. The third kappa shape index (κ3) is 6.58. The molecule has 0 bridgehead atoms. The summed E-state index contributed by atoms with van der Waals surface area (Å²) in [6, 6.07) is 8.19. The molecule has 162 valence electrons. The second kappa shape index (κ2) is 11.8. The van der Waals surface area contributed by atoms with Crippen LogP contribution in [0.2, 0.25) is 0 Å². The molecule has 2 fully saturated rings. The summed E-state index contributed by atoms with van der Waals surface area (Å²) >= 11 is 0. The summed E-state index contributed by atoms with van der Waals surface area (Å²) in [7, 11) is 4.31. The number of fused-ring (bicyclic) bond motifs is 1. The van der Waals surface area contributed by atoms with Gasteiger partial charge >= 0.3 is 8.60 Å². The van der Waals surface area contributed by atoms with E-state index in [2.05, 4.69) is 18.0 Å². The highest BCUT2D eigenvalue weighted by molar-refractivity contribution is 7.41. The molecule has 0 amide bonds. The van der Waals surface area contributed by atoms with Crippen LogP contribution in [0.1, 0.15) is 38.5 Å². The van der Waals surface area contributed by atoms with E-state index in [4.69, 9.17) is 23.0 Å². The van der Waals surface area contributed by atoms with Gasteiger partial charge in [-0.3, -0.25) is 0 Å². The first kappa shape index (κ1) is 22.4. The monoisotopic (exact) mass is 423 g/mol. The number of rotatable bonds is 4. The van der Waals surface area contributed by atoms with Crippen LogP contribution < -0.4 is 9.47 Å². The highest BCUT2D eigenvalue weighted by Gasteiger charge is 2.35. The predicted octanol–water partition coefficient (Wildman–Crippen LogP) is 5.15. The van der Waals surface area contributed by atoms with Gasteiger partial charge in [0.2, 0.25) is 0 Å². The lowest BCUT2D eigenvalue weighted by atomic mass is 9.89. The Kier molecular flexibility index (Phi) is 9.06. The molecule has 2 saturated heterocycles. The average Bonchev–Trinajstić information content (AvgIpc) is 3.10. The van der Waals surface area contributed by atoms with Crippen molar-refractivity contribution in [3.05, 3.63) is 36.1 Å². The SMILES string of the molecule is CN1CCC2CC=C(OP3OCCCCCO3)CC21.COc1ccccc1OC. The zero-order valence-electron chi connectivity index (χ0n) is 17.8. The van der Waals surface area contributed by atoms with E-state index in [-0.39, 0.29) is 0 Å². The molecule has 3 aliphatic rings. The molecule has 0 spiro atoms. The Balaban J connectivity index is 0.000000204. The Morgan fingerprint density at radius 2 is 1.66 bits per heavy atom. The van der Waals surface area contributed by atoms with Crippen LogP contribution in [0.25, 0.3) is 0 Å². The van der Waals surface area contributed by atoms with Gasteiger partial charge in [0.1, 0.15) is 5.76 Å². The minimum absolute atomic E-state index is 0.657. The lowest BCUT2D eigenvalue weighted by molar-refractivity contribution is 0.151. The highest BCUT2D eigenvalue weighted by Crippen LogP contribution is 2.46. The van der Waals surface area contributed by atoms with Crippen LogP contribution in [0, 0.1) is 5.92 Å². The van der Waals surface area contributed by atoms with Crippen molar-refractivity contribution in [1.29, 1.82) is 0 Å². The van der Waals surface area contributed by atoms with E-state index in [0.29, 0.717) is 6.04 Å². The van der Waals surface area contributed by atoms with Crippen molar-refractivity contribution < 1.29 is 23.0 Å². The van der Waals surface area contributed by atoms with E-state index in [1.165, 1.54) is 19.4 Å². The van der Waals surface area contributed by atoms with Crippen molar-refractivity contribution in [3.8, 4) is 11.5 Å². The van der Waals surface area contributed by atoms with Crippen molar-refractivity contribution >= 4 is 8.60 Å². The Morgan fingerprint density at radius 3 is 2.28 bits per heavy atom. The summed E-state index contributed by atoms with van der Waals surface area (Å²) in [5.74, 6) is 3.45. The Hall–Kier alpha value is -1.33. The topological polar surface area (TPSA) is 49.4 Å². The molecule has 0 aromatic heterocycles. The zero-order chi connectivity index (χ0) is 20.5. The maximum Gasteiger partial charge on any atom is 0.396 e. The standard InChI is InChI=1S/C14H24NO3P.C8H10O2/c1-15-8-7-12-5-6-13(11-14(12)15)18-19-16-9-3-2-4-10-17-19;1-9-7-5-3-4-6-8(7)10-2/h6,12,14H,2-5,7-11H2,1H3;3-6H,1-2H3. The van der Waals surface area contributed by atoms with Crippen molar-refractivity contribution in [3.63, 3.8) is 0 Å². The second-order valence-electron chi connectivity index (χ2n) is 7.60. The third-order valence-electron chi connectivity index (χ3n) is 5.68. The molecule has 0 saturated carbocycles. The Labute approximate surface area is 176 Å². The minimum Gasteiger partial charge on any atom is -0.493 e. The number of para-hydroxylation sites is 2. The third-order valence-corrected chi connectivity index (χ3v) is 6.85. The van der Waals surface area contributed by atoms with Crippen LogP contribution in [0.5, 0.6) is 11.5 Å². The number of nitrogens with zero attached hydrogens (tertiary/aromatic N) is 1. The van der Waals surface area contributed by atoms with E-state index in [1.807, 2.05) is 24.3 Å². The summed E-state index contributed by atoms with van der Waals surface area (Å²) in [4.78, 5) is 2.47. The molecular formula is C22H34NO5P.